The van der Waals surface area contributed by atoms with Gasteiger partial charge in [-0.3, -0.25) is 0 Å². The number of nitrogens with zero attached hydrogens (tertiary/aromatic N) is 2. The molecule has 0 aliphatic carbocycles. The summed E-state index contributed by atoms with van der Waals surface area (Å²) >= 11 is 3.37. The summed E-state index contributed by atoms with van der Waals surface area (Å²) in [4.78, 5) is 4.17. The van der Waals surface area contributed by atoms with E-state index >= 15 is 0 Å². The van der Waals surface area contributed by atoms with Crippen LogP contribution in [0.15, 0.2) is 10.9 Å². The highest BCUT2D eigenvalue weighted by molar-refractivity contribution is 9.10. The third-order valence-corrected chi connectivity index (χ3v) is 2.73. The molecule has 3 nitrogen and oxygen atoms in total. The third kappa shape index (κ3) is 3.42. The van der Waals surface area contributed by atoms with Crippen LogP contribution in [0.2, 0.25) is 0 Å². The van der Waals surface area contributed by atoms with Crippen molar-refractivity contribution in [3.63, 3.8) is 0 Å². The molecule has 0 atom stereocenters. The van der Waals surface area contributed by atoms with Crippen LogP contribution < -0.4 is 5.32 Å². The van der Waals surface area contributed by atoms with Crippen LogP contribution in [0.4, 0.5) is 0 Å². The second-order valence-electron chi connectivity index (χ2n) is 4.74. The summed E-state index contributed by atoms with van der Waals surface area (Å²) in [5, 5.41) is 3.41. The minimum atomic E-state index is 0.329. The predicted octanol–water partition coefficient (Wildman–Crippen LogP) is 2.32. The fourth-order valence-electron chi connectivity index (χ4n) is 1.15. The number of hydrogen-bond donors (Lipinski definition) is 1. The molecule has 1 aromatic heterocycles. The SMILES string of the molecule is Cn1c(CNCC(C)(C)C)cnc1Br. The molecule has 0 spiro atoms. The molecule has 0 unspecified atom stereocenters. The Morgan fingerprint density at radius 2 is 2.14 bits per heavy atom. The Labute approximate surface area is 94.0 Å². The minimum Gasteiger partial charge on any atom is -0.325 e. The van der Waals surface area contributed by atoms with Crippen molar-refractivity contribution in [1.29, 1.82) is 0 Å². The van der Waals surface area contributed by atoms with E-state index in [0.717, 1.165) is 17.8 Å². The van der Waals surface area contributed by atoms with Gasteiger partial charge in [0.1, 0.15) is 0 Å². The third-order valence-electron chi connectivity index (χ3n) is 1.99. The van der Waals surface area contributed by atoms with Crippen molar-refractivity contribution in [2.75, 3.05) is 6.54 Å². The zero-order valence-corrected chi connectivity index (χ0v) is 10.8. The largest absolute Gasteiger partial charge is 0.325 e. The summed E-state index contributed by atoms with van der Waals surface area (Å²) in [6.07, 6.45) is 1.89. The van der Waals surface area contributed by atoms with Crippen LogP contribution in [0.1, 0.15) is 26.5 Å². The van der Waals surface area contributed by atoms with Crippen LogP contribution in [0.5, 0.6) is 0 Å². The van der Waals surface area contributed by atoms with E-state index in [2.05, 4.69) is 47.0 Å². The maximum Gasteiger partial charge on any atom is 0.177 e. The summed E-state index contributed by atoms with van der Waals surface area (Å²) in [6, 6.07) is 0. The Bertz CT molecular complexity index is 299. The van der Waals surface area contributed by atoms with Crippen LogP contribution in [-0.4, -0.2) is 16.1 Å². The lowest BCUT2D eigenvalue weighted by Crippen LogP contribution is -2.27. The highest BCUT2D eigenvalue weighted by atomic mass is 79.9. The molecule has 0 amide bonds. The number of rotatable bonds is 3. The molecular weight excluding hydrogens is 242 g/mol. The van der Waals surface area contributed by atoms with Gasteiger partial charge in [-0.05, 0) is 21.3 Å². The Kier molecular flexibility index (Phi) is 3.72. The van der Waals surface area contributed by atoms with Crippen molar-refractivity contribution < 1.29 is 0 Å². The molecular formula is C10H18BrN3. The van der Waals surface area contributed by atoms with Gasteiger partial charge in [0, 0.05) is 20.1 Å². The number of aromatic nitrogens is 2. The smallest absolute Gasteiger partial charge is 0.177 e. The van der Waals surface area contributed by atoms with E-state index in [9.17, 15) is 0 Å². The van der Waals surface area contributed by atoms with Crippen molar-refractivity contribution in [3.05, 3.63) is 16.6 Å². The molecule has 1 aromatic rings. The summed E-state index contributed by atoms with van der Waals surface area (Å²) < 4.78 is 2.92. The van der Waals surface area contributed by atoms with Gasteiger partial charge in [-0.1, -0.05) is 20.8 Å². The lowest BCUT2D eigenvalue weighted by atomic mass is 9.97. The van der Waals surface area contributed by atoms with Gasteiger partial charge in [0.15, 0.2) is 4.73 Å². The Morgan fingerprint density at radius 3 is 2.57 bits per heavy atom. The van der Waals surface area contributed by atoms with Crippen LogP contribution in [0, 0.1) is 5.41 Å². The first-order chi connectivity index (χ1) is 6.40. The van der Waals surface area contributed by atoms with Crippen molar-refractivity contribution in [2.24, 2.45) is 12.5 Å². The van der Waals surface area contributed by atoms with Crippen molar-refractivity contribution >= 4 is 15.9 Å². The summed E-state index contributed by atoms with van der Waals surface area (Å²) in [6.45, 7) is 8.54. The van der Waals surface area contributed by atoms with E-state index in [1.807, 2.05) is 17.8 Å². The van der Waals surface area contributed by atoms with E-state index in [4.69, 9.17) is 0 Å². The Morgan fingerprint density at radius 1 is 1.50 bits per heavy atom. The molecule has 0 saturated carbocycles. The van der Waals surface area contributed by atoms with Gasteiger partial charge < -0.3 is 9.88 Å². The van der Waals surface area contributed by atoms with Gasteiger partial charge in [-0.25, -0.2) is 4.98 Å². The van der Waals surface area contributed by atoms with Gasteiger partial charge in [0.25, 0.3) is 0 Å². The zero-order chi connectivity index (χ0) is 10.8. The molecule has 0 saturated heterocycles. The van der Waals surface area contributed by atoms with Gasteiger partial charge in [0.2, 0.25) is 0 Å². The van der Waals surface area contributed by atoms with Crippen molar-refractivity contribution in [3.8, 4) is 0 Å². The number of nitrogens with one attached hydrogen (secondary N) is 1. The minimum absolute atomic E-state index is 0.329. The van der Waals surface area contributed by atoms with Crippen LogP contribution in [0.25, 0.3) is 0 Å². The zero-order valence-electron chi connectivity index (χ0n) is 9.26. The number of halogens is 1. The first kappa shape index (κ1) is 11.7. The van der Waals surface area contributed by atoms with Crippen LogP contribution >= 0.6 is 15.9 Å². The van der Waals surface area contributed by atoms with Gasteiger partial charge in [-0.15, -0.1) is 0 Å². The molecule has 0 radical (unpaired) electrons. The molecule has 80 valence electrons. The fraction of sp³-hybridized carbons (Fsp3) is 0.700. The predicted molar refractivity (Wildman–Crippen MR) is 62.1 cm³/mol. The molecule has 0 fully saturated rings. The lowest BCUT2D eigenvalue weighted by Gasteiger charge is -2.18. The average molecular weight is 260 g/mol. The Hall–Kier alpha value is -0.350. The molecule has 0 aliphatic rings. The fourth-order valence-corrected chi connectivity index (χ4v) is 1.48. The summed E-state index contributed by atoms with van der Waals surface area (Å²) in [5.74, 6) is 0. The molecule has 0 aromatic carbocycles. The highest BCUT2D eigenvalue weighted by Gasteiger charge is 2.10. The van der Waals surface area contributed by atoms with Crippen molar-refractivity contribution in [1.82, 2.24) is 14.9 Å². The van der Waals surface area contributed by atoms with Crippen LogP contribution in [-0.2, 0) is 13.6 Å². The molecule has 1 N–H and O–H groups in total. The number of hydrogen-bond acceptors (Lipinski definition) is 2. The summed E-state index contributed by atoms with van der Waals surface area (Å²) in [7, 11) is 2.01. The monoisotopic (exact) mass is 259 g/mol. The highest BCUT2D eigenvalue weighted by Crippen LogP contribution is 2.12. The van der Waals surface area contributed by atoms with Gasteiger partial charge >= 0.3 is 0 Å². The molecule has 1 rings (SSSR count). The van der Waals surface area contributed by atoms with E-state index in [1.54, 1.807) is 0 Å². The maximum absolute atomic E-state index is 4.17. The van der Waals surface area contributed by atoms with E-state index in [-0.39, 0.29) is 0 Å². The standard InChI is InChI=1S/C10H18BrN3/c1-10(2,3)7-12-5-8-6-13-9(11)14(8)4/h6,12H,5,7H2,1-4H3. The van der Waals surface area contributed by atoms with Gasteiger partial charge in [-0.2, -0.15) is 0 Å². The van der Waals surface area contributed by atoms with Crippen molar-refractivity contribution in [2.45, 2.75) is 27.3 Å². The second kappa shape index (κ2) is 4.45. The first-order valence-electron chi connectivity index (χ1n) is 4.77. The Balaban J connectivity index is 2.43. The average Bonchev–Trinajstić information content (AvgIpc) is 2.33. The first-order valence-corrected chi connectivity index (χ1v) is 5.56. The topological polar surface area (TPSA) is 29.9 Å². The van der Waals surface area contributed by atoms with Crippen LogP contribution in [0.3, 0.4) is 0 Å². The van der Waals surface area contributed by atoms with E-state index in [1.165, 1.54) is 5.69 Å². The van der Waals surface area contributed by atoms with Gasteiger partial charge in [0.05, 0.1) is 11.9 Å². The maximum atomic E-state index is 4.17. The molecule has 1 heterocycles. The quantitative estimate of drug-likeness (QED) is 0.903. The van der Waals surface area contributed by atoms with E-state index < -0.39 is 0 Å². The normalized spacial score (nSPS) is 12.1. The van der Waals surface area contributed by atoms with E-state index in [0.29, 0.717) is 5.41 Å². The lowest BCUT2D eigenvalue weighted by molar-refractivity contribution is 0.377. The summed E-state index contributed by atoms with van der Waals surface area (Å²) in [5.41, 5.74) is 1.52. The second-order valence-corrected chi connectivity index (χ2v) is 5.45. The molecule has 14 heavy (non-hydrogen) atoms. The molecule has 0 aliphatic heterocycles. The molecule has 0 bridgehead atoms. The molecule has 4 heteroatoms. The number of imidazole rings is 1.